The molecule has 1 rings (SSSR count). The fourth-order valence-electron chi connectivity index (χ4n) is 0.983. The normalized spacial score (nSPS) is 14.3. The summed E-state index contributed by atoms with van der Waals surface area (Å²) in [5.74, 6) is 4.73. The van der Waals surface area contributed by atoms with Gasteiger partial charge in [-0.05, 0) is 0 Å². The van der Waals surface area contributed by atoms with Crippen molar-refractivity contribution < 1.29 is 4.79 Å². The molecule has 0 bridgehead atoms. The number of rotatable bonds is 4. The van der Waals surface area contributed by atoms with Crippen LogP contribution in [0.25, 0.3) is 0 Å². The minimum absolute atomic E-state index is 0.102. The fraction of sp³-hybridized carbons (Fsp3) is 0.444. The van der Waals surface area contributed by atoms with Crippen LogP contribution in [0.5, 0.6) is 0 Å². The van der Waals surface area contributed by atoms with Crippen LogP contribution in [0.1, 0.15) is 13.8 Å². The molecule has 2 atom stereocenters. The summed E-state index contributed by atoms with van der Waals surface area (Å²) in [7, 11) is 0. The molecule has 1 heterocycles. The van der Waals surface area contributed by atoms with Gasteiger partial charge in [-0.2, -0.15) is 0 Å². The number of hydrogen-bond acceptors (Lipinski definition) is 5. The van der Waals surface area contributed by atoms with Crippen molar-refractivity contribution in [3.05, 3.63) is 18.6 Å². The number of carbonyl (C=O) groups is 1. The molecule has 15 heavy (non-hydrogen) atoms. The van der Waals surface area contributed by atoms with Crippen molar-refractivity contribution in [2.45, 2.75) is 24.1 Å². The SMILES string of the molecule is CC(Sc1cnccn1)C(C)C(=O)NN. The first-order chi connectivity index (χ1) is 7.15. The van der Waals surface area contributed by atoms with E-state index in [2.05, 4.69) is 15.4 Å². The minimum atomic E-state index is -0.168. The fourth-order valence-corrected chi connectivity index (χ4v) is 1.94. The molecule has 0 spiro atoms. The van der Waals surface area contributed by atoms with Crippen LogP contribution in [-0.2, 0) is 4.79 Å². The van der Waals surface area contributed by atoms with E-state index in [0.717, 1.165) is 5.03 Å². The van der Waals surface area contributed by atoms with Crippen molar-refractivity contribution in [1.29, 1.82) is 0 Å². The van der Waals surface area contributed by atoms with Crippen LogP contribution in [0.4, 0.5) is 0 Å². The van der Waals surface area contributed by atoms with Crippen molar-refractivity contribution in [1.82, 2.24) is 15.4 Å². The zero-order valence-corrected chi connectivity index (χ0v) is 9.49. The maximum Gasteiger partial charge on any atom is 0.237 e. The average Bonchev–Trinajstić information content (AvgIpc) is 2.28. The van der Waals surface area contributed by atoms with E-state index in [-0.39, 0.29) is 17.1 Å². The zero-order valence-electron chi connectivity index (χ0n) is 8.68. The van der Waals surface area contributed by atoms with E-state index in [0.29, 0.717) is 0 Å². The highest BCUT2D eigenvalue weighted by Crippen LogP contribution is 2.25. The molecule has 0 radical (unpaired) electrons. The summed E-state index contributed by atoms with van der Waals surface area (Å²) in [6.45, 7) is 3.79. The number of nitrogens with one attached hydrogen (secondary N) is 1. The molecular formula is C9H14N4OS. The molecule has 1 aromatic heterocycles. The lowest BCUT2D eigenvalue weighted by Gasteiger charge is -2.16. The van der Waals surface area contributed by atoms with Crippen molar-refractivity contribution >= 4 is 17.7 Å². The largest absolute Gasteiger partial charge is 0.294 e. The van der Waals surface area contributed by atoms with Crippen molar-refractivity contribution in [2.75, 3.05) is 0 Å². The predicted octanol–water partition coefficient (Wildman–Crippen LogP) is 0.583. The highest BCUT2D eigenvalue weighted by Gasteiger charge is 2.20. The van der Waals surface area contributed by atoms with Crippen LogP contribution in [0.3, 0.4) is 0 Å². The Balaban J connectivity index is 2.56. The van der Waals surface area contributed by atoms with Gasteiger partial charge in [-0.15, -0.1) is 11.8 Å². The molecule has 0 aliphatic heterocycles. The van der Waals surface area contributed by atoms with E-state index in [1.54, 1.807) is 18.6 Å². The van der Waals surface area contributed by atoms with Gasteiger partial charge < -0.3 is 0 Å². The second-order valence-corrected chi connectivity index (χ2v) is 4.56. The number of hydrogen-bond donors (Lipinski definition) is 2. The van der Waals surface area contributed by atoms with Crippen molar-refractivity contribution in [2.24, 2.45) is 11.8 Å². The van der Waals surface area contributed by atoms with Crippen LogP contribution >= 0.6 is 11.8 Å². The number of hydrazine groups is 1. The number of nitrogens with two attached hydrogens (primary N) is 1. The summed E-state index contributed by atoms with van der Waals surface area (Å²) >= 11 is 1.51. The molecule has 6 heteroatoms. The highest BCUT2D eigenvalue weighted by molar-refractivity contribution is 7.99. The summed E-state index contributed by atoms with van der Waals surface area (Å²) in [6, 6.07) is 0. The summed E-state index contributed by atoms with van der Waals surface area (Å²) in [5.41, 5.74) is 2.14. The third kappa shape index (κ3) is 3.49. The minimum Gasteiger partial charge on any atom is -0.294 e. The summed E-state index contributed by atoms with van der Waals surface area (Å²) in [6.07, 6.45) is 4.92. The second-order valence-electron chi connectivity index (χ2n) is 3.16. The molecule has 0 aliphatic carbocycles. The molecule has 3 N–H and O–H groups in total. The molecule has 1 amide bonds. The predicted molar refractivity (Wildman–Crippen MR) is 58.8 cm³/mol. The molecule has 82 valence electrons. The van der Waals surface area contributed by atoms with Crippen LogP contribution < -0.4 is 11.3 Å². The molecule has 0 aromatic carbocycles. The first kappa shape index (κ1) is 11.9. The summed E-state index contributed by atoms with van der Waals surface area (Å²) in [5, 5.41) is 0.909. The Morgan fingerprint density at radius 2 is 2.27 bits per heavy atom. The topological polar surface area (TPSA) is 80.9 Å². The number of nitrogens with zero attached hydrogens (tertiary/aromatic N) is 2. The molecule has 0 fully saturated rings. The zero-order chi connectivity index (χ0) is 11.3. The maximum atomic E-state index is 11.3. The molecule has 5 nitrogen and oxygen atoms in total. The van der Waals surface area contributed by atoms with Gasteiger partial charge in [0.25, 0.3) is 0 Å². The first-order valence-corrected chi connectivity index (χ1v) is 5.46. The number of aromatic nitrogens is 2. The van der Waals surface area contributed by atoms with Gasteiger partial charge in [0.15, 0.2) is 0 Å². The third-order valence-corrected chi connectivity index (χ3v) is 3.34. The first-order valence-electron chi connectivity index (χ1n) is 4.58. The number of thioether (sulfide) groups is 1. The monoisotopic (exact) mass is 226 g/mol. The van der Waals surface area contributed by atoms with Crippen LogP contribution in [0, 0.1) is 5.92 Å². The van der Waals surface area contributed by atoms with E-state index < -0.39 is 0 Å². The standard InChI is InChI=1S/C9H14N4OS/c1-6(9(14)13-10)7(2)15-8-5-11-3-4-12-8/h3-7H,10H2,1-2H3,(H,13,14). The number of carbonyl (C=O) groups excluding carboxylic acids is 1. The lowest BCUT2D eigenvalue weighted by Crippen LogP contribution is -2.38. The summed E-state index contributed by atoms with van der Waals surface area (Å²) < 4.78 is 0. The molecule has 0 aliphatic rings. The van der Waals surface area contributed by atoms with Crippen LogP contribution in [0.15, 0.2) is 23.6 Å². The van der Waals surface area contributed by atoms with Gasteiger partial charge in [-0.1, -0.05) is 13.8 Å². The van der Waals surface area contributed by atoms with Crippen LogP contribution in [0.2, 0.25) is 0 Å². The van der Waals surface area contributed by atoms with Gasteiger partial charge in [0, 0.05) is 23.6 Å². The maximum absolute atomic E-state index is 11.3. The van der Waals surface area contributed by atoms with E-state index >= 15 is 0 Å². The Labute approximate surface area is 92.8 Å². The second kappa shape index (κ2) is 5.67. The summed E-state index contributed by atoms with van der Waals surface area (Å²) in [4.78, 5) is 19.3. The third-order valence-electron chi connectivity index (χ3n) is 2.11. The van der Waals surface area contributed by atoms with Gasteiger partial charge in [0.2, 0.25) is 5.91 Å². The molecule has 0 saturated carbocycles. The Bertz CT molecular complexity index is 319. The smallest absolute Gasteiger partial charge is 0.237 e. The lowest BCUT2D eigenvalue weighted by molar-refractivity contribution is -0.124. The highest BCUT2D eigenvalue weighted by atomic mass is 32.2. The van der Waals surface area contributed by atoms with E-state index in [1.807, 2.05) is 13.8 Å². The van der Waals surface area contributed by atoms with E-state index in [9.17, 15) is 4.79 Å². The molecule has 0 saturated heterocycles. The quantitative estimate of drug-likeness (QED) is 0.340. The van der Waals surface area contributed by atoms with Crippen molar-refractivity contribution in [3.63, 3.8) is 0 Å². The van der Waals surface area contributed by atoms with E-state index in [1.165, 1.54) is 11.8 Å². The molecule has 1 aromatic rings. The molecular weight excluding hydrogens is 212 g/mol. The van der Waals surface area contributed by atoms with Gasteiger partial charge in [0.1, 0.15) is 5.03 Å². The van der Waals surface area contributed by atoms with E-state index in [4.69, 9.17) is 5.84 Å². The lowest BCUT2D eigenvalue weighted by atomic mass is 10.1. The van der Waals surface area contributed by atoms with Gasteiger partial charge in [-0.3, -0.25) is 15.2 Å². The van der Waals surface area contributed by atoms with Gasteiger partial charge in [0.05, 0.1) is 6.20 Å². The molecule has 2 unspecified atom stereocenters. The van der Waals surface area contributed by atoms with Gasteiger partial charge in [-0.25, -0.2) is 10.8 Å². The Hall–Kier alpha value is -1.14. The Morgan fingerprint density at radius 1 is 1.53 bits per heavy atom. The average molecular weight is 226 g/mol. The van der Waals surface area contributed by atoms with Gasteiger partial charge >= 0.3 is 0 Å². The van der Waals surface area contributed by atoms with Crippen molar-refractivity contribution in [3.8, 4) is 0 Å². The Morgan fingerprint density at radius 3 is 2.80 bits per heavy atom. The number of amides is 1. The Kier molecular flexibility index (Phi) is 4.51. The van der Waals surface area contributed by atoms with Crippen LogP contribution in [-0.4, -0.2) is 21.1 Å².